The summed E-state index contributed by atoms with van der Waals surface area (Å²) in [6, 6.07) is 6.30. The zero-order chi connectivity index (χ0) is 8.55. The van der Waals surface area contributed by atoms with Crippen LogP contribution < -0.4 is 4.73 Å². The number of hydrogen-bond acceptors (Lipinski definition) is 1. The van der Waals surface area contributed by atoms with Crippen LogP contribution >= 0.6 is 0 Å². The average Bonchev–Trinajstić information content (AvgIpc) is 2.07. The van der Waals surface area contributed by atoms with Crippen LogP contribution in [-0.4, -0.2) is 0 Å². The summed E-state index contributed by atoms with van der Waals surface area (Å²) in [5.74, 6) is -0.363. The lowest BCUT2D eigenvalue weighted by atomic mass is 10.2. The van der Waals surface area contributed by atoms with Crippen LogP contribution in [0.2, 0.25) is 0 Å². The Morgan fingerprint density at radius 3 is 2.92 bits per heavy atom. The number of aromatic nitrogens is 1. The molecule has 0 spiro atoms. The zero-order valence-electron chi connectivity index (χ0n) is 6.20. The van der Waals surface area contributed by atoms with E-state index in [1.165, 1.54) is 18.5 Å². The number of benzene rings is 1. The molecule has 0 radical (unpaired) electrons. The molecule has 1 aromatic heterocycles. The van der Waals surface area contributed by atoms with E-state index >= 15 is 0 Å². The van der Waals surface area contributed by atoms with Crippen LogP contribution in [-0.2, 0) is 0 Å². The molecule has 0 aliphatic carbocycles. The van der Waals surface area contributed by atoms with Gasteiger partial charge >= 0.3 is 0 Å². The smallest absolute Gasteiger partial charge is 0.191 e. The van der Waals surface area contributed by atoms with Crippen molar-refractivity contribution < 1.29 is 9.12 Å². The maximum absolute atomic E-state index is 13.0. The van der Waals surface area contributed by atoms with E-state index < -0.39 is 0 Å². The Morgan fingerprint density at radius 2 is 2.08 bits per heavy atom. The lowest BCUT2D eigenvalue weighted by Crippen LogP contribution is -2.23. The first kappa shape index (κ1) is 7.03. The molecule has 1 heterocycles. The second-order valence-electron chi connectivity index (χ2n) is 2.55. The number of hydrogen-bond donors (Lipinski definition) is 0. The van der Waals surface area contributed by atoms with Gasteiger partial charge in [0.15, 0.2) is 12.4 Å². The quantitative estimate of drug-likeness (QED) is 0.428. The Morgan fingerprint density at radius 1 is 1.25 bits per heavy atom. The molecule has 2 aromatic rings. The Hall–Kier alpha value is -1.64. The van der Waals surface area contributed by atoms with Crippen molar-refractivity contribution in [2.75, 3.05) is 0 Å². The van der Waals surface area contributed by atoms with Crippen molar-refractivity contribution in [1.82, 2.24) is 0 Å². The fourth-order valence-electron chi connectivity index (χ4n) is 1.16. The standard InChI is InChI=1S/C9H6FNO/c10-9-3-1-2-7-4-5-11(12)6-8(7)9/h1-6H. The minimum absolute atomic E-state index is 0.356. The molecule has 0 atom stereocenters. The van der Waals surface area contributed by atoms with Crippen molar-refractivity contribution in [2.24, 2.45) is 0 Å². The lowest BCUT2D eigenvalue weighted by Gasteiger charge is -1.98. The van der Waals surface area contributed by atoms with Gasteiger partial charge in [0.1, 0.15) is 5.82 Å². The highest BCUT2D eigenvalue weighted by Crippen LogP contribution is 2.14. The molecule has 60 valence electrons. The fraction of sp³-hybridized carbons (Fsp3) is 0. The molecule has 0 aliphatic heterocycles. The second kappa shape index (κ2) is 2.44. The highest BCUT2D eigenvalue weighted by Gasteiger charge is 2.01. The highest BCUT2D eigenvalue weighted by atomic mass is 19.1. The van der Waals surface area contributed by atoms with Crippen LogP contribution in [0.5, 0.6) is 0 Å². The van der Waals surface area contributed by atoms with E-state index in [0.717, 1.165) is 5.39 Å². The summed E-state index contributed by atoms with van der Waals surface area (Å²) in [7, 11) is 0. The third kappa shape index (κ3) is 0.993. The predicted molar refractivity (Wildman–Crippen MR) is 42.9 cm³/mol. The van der Waals surface area contributed by atoms with Crippen LogP contribution in [0.4, 0.5) is 4.39 Å². The summed E-state index contributed by atoms with van der Waals surface area (Å²) in [6.07, 6.45) is 2.58. The Kier molecular flexibility index (Phi) is 1.43. The fourth-order valence-corrected chi connectivity index (χ4v) is 1.16. The summed E-state index contributed by atoms with van der Waals surface area (Å²) >= 11 is 0. The molecule has 0 N–H and O–H groups in total. The van der Waals surface area contributed by atoms with Gasteiger partial charge in [0, 0.05) is 6.07 Å². The number of halogens is 1. The molecular formula is C9H6FNO. The van der Waals surface area contributed by atoms with E-state index in [1.807, 2.05) is 0 Å². The van der Waals surface area contributed by atoms with Crippen molar-refractivity contribution in [3.8, 4) is 0 Å². The Bertz CT molecular complexity index is 428. The van der Waals surface area contributed by atoms with Crippen LogP contribution in [0.1, 0.15) is 0 Å². The monoisotopic (exact) mass is 163 g/mol. The SMILES string of the molecule is [O-][n+]1ccc2cccc(F)c2c1. The van der Waals surface area contributed by atoms with Gasteiger partial charge in [0.05, 0.1) is 5.39 Å². The maximum Gasteiger partial charge on any atom is 0.191 e. The van der Waals surface area contributed by atoms with E-state index in [-0.39, 0.29) is 5.82 Å². The molecule has 0 aliphatic rings. The average molecular weight is 163 g/mol. The minimum atomic E-state index is -0.363. The van der Waals surface area contributed by atoms with Gasteiger partial charge in [-0.1, -0.05) is 12.1 Å². The van der Waals surface area contributed by atoms with Crippen molar-refractivity contribution in [3.05, 3.63) is 47.7 Å². The molecule has 12 heavy (non-hydrogen) atoms. The van der Waals surface area contributed by atoms with Gasteiger partial charge < -0.3 is 5.21 Å². The number of rotatable bonds is 0. The van der Waals surface area contributed by atoms with Crippen LogP contribution in [0.25, 0.3) is 10.8 Å². The molecule has 0 amide bonds. The first-order chi connectivity index (χ1) is 5.77. The number of fused-ring (bicyclic) bond motifs is 1. The minimum Gasteiger partial charge on any atom is -0.619 e. The van der Waals surface area contributed by atoms with Gasteiger partial charge in [-0.25, -0.2) is 4.39 Å². The largest absolute Gasteiger partial charge is 0.619 e. The lowest BCUT2D eigenvalue weighted by molar-refractivity contribution is -0.603. The van der Waals surface area contributed by atoms with E-state index in [9.17, 15) is 9.60 Å². The predicted octanol–water partition coefficient (Wildman–Crippen LogP) is 1.61. The van der Waals surface area contributed by atoms with E-state index in [2.05, 4.69) is 0 Å². The molecular weight excluding hydrogens is 157 g/mol. The second-order valence-corrected chi connectivity index (χ2v) is 2.55. The summed E-state index contributed by atoms with van der Waals surface area (Å²) in [5.41, 5.74) is 0. The van der Waals surface area contributed by atoms with Gasteiger partial charge in [0.2, 0.25) is 0 Å². The van der Waals surface area contributed by atoms with Gasteiger partial charge in [-0.15, -0.1) is 0 Å². The molecule has 3 heteroatoms. The van der Waals surface area contributed by atoms with E-state index in [1.54, 1.807) is 18.2 Å². The van der Waals surface area contributed by atoms with Crippen LogP contribution in [0.3, 0.4) is 0 Å². The van der Waals surface area contributed by atoms with E-state index in [0.29, 0.717) is 10.1 Å². The highest BCUT2D eigenvalue weighted by molar-refractivity contribution is 5.81. The van der Waals surface area contributed by atoms with Gasteiger partial charge in [-0.2, -0.15) is 4.73 Å². The van der Waals surface area contributed by atoms with Gasteiger partial charge in [0.25, 0.3) is 0 Å². The normalized spacial score (nSPS) is 10.4. The van der Waals surface area contributed by atoms with Crippen molar-refractivity contribution in [1.29, 1.82) is 0 Å². The van der Waals surface area contributed by atoms with Crippen molar-refractivity contribution in [2.45, 2.75) is 0 Å². The summed E-state index contributed by atoms with van der Waals surface area (Å²) in [5, 5.41) is 11.9. The first-order valence-corrected chi connectivity index (χ1v) is 3.54. The molecule has 2 rings (SSSR count). The Balaban J connectivity index is 2.88. The zero-order valence-corrected chi connectivity index (χ0v) is 6.20. The van der Waals surface area contributed by atoms with Crippen LogP contribution in [0.15, 0.2) is 36.7 Å². The molecule has 1 aromatic carbocycles. The number of nitrogens with zero attached hydrogens (tertiary/aromatic N) is 1. The molecule has 0 saturated heterocycles. The van der Waals surface area contributed by atoms with Crippen molar-refractivity contribution >= 4 is 10.8 Å². The maximum atomic E-state index is 13.0. The van der Waals surface area contributed by atoms with E-state index in [4.69, 9.17) is 0 Å². The summed E-state index contributed by atoms with van der Waals surface area (Å²) in [6.45, 7) is 0. The summed E-state index contributed by atoms with van der Waals surface area (Å²) in [4.78, 5) is 0. The third-order valence-corrected chi connectivity index (χ3v) is 1.74. The molecule has 0 fully saturated rings. The topological polar surface area (TPSA) is 26.9 Å². The van der Waals surface area contributed by atoms with Crippen molar-refractivity contribution in [3.63, 3.8) is 0 Å². The Labute approximate surface area is 68.5 Å². The summed E-state index contributed by atoms with van der Waals surface area (Å²) < 4.78 is 13.6. The molecule has 0 unspecified atom stereocenters. The molecule has 0 saturated carbocycles. The van der Waals surface area contributed by atoms with Gasteiger partial charge in [-0.3, -0.25) is 0 Å². The molecule has 2 nitrogen and oxygen atoms in total. The van der Waals surface area contributed by atoms with Crippen LogP contribution in [0, 0.1) is 11.0 Å². The van der Waals surface area contributed by atoms with Gasteiger partial charge in [-0.05, 0) is 11.5 Å². The first-order valence-electron chi connectivity index (χ1n) is 3.54. The third-order valence-electron chi connectivity index (χ3n) is 1.74. The number of pyridine rings is 1. The molecule has 0 bridgehead atoms.